The van der Waals surface area contributed by atoms with Crippen LogP contribution in [0.1, 0.15) is 36.6 Å². The Labute approximate surface area is 252 Å². The Balaban J connectivity index is 1.65. The molecule has 0 radical (unpaired) electrons. The third kappa shape index (κ3) is 6.29. The number of esters is 2. The van der Waals surface area contributed by atoms with E-state index in [4.69, 9.17) is 23.9 Å². The van der Waals surface area contributed by atoms with Gasteiger partial charge < -0.3 is 18.9 Å². The van der Waals surface area contributed by atoms with Gasteiger partial charge in [0.1, 0.15) is 0 Å². The molecule has 1 aliphatic heterocycles. The normalized spacial score (nSPS) is 14.5. The molecule has 3 aromatic carbocycles. The molecule has 1 aromatic heterocycles. The maximum Gasteiger partial charge on any atom is 0.344 e. The Bertz CT molecular complexity index is 1840. The van der Waals surface area contributed by atoms with E-state index in [9.17, 15) is 14.4 Å². The first-order valence-corrected chi connectivity index (χ1v) is 14.6. The SMILES string of the molecule is CCOC(=O)COc1ccc(/C=c2\sc3n(c2=O)[C@@H](c2ccccc2)C(C(=O)OCC)=C(c2ccccc2)N=3)cc1OC. The lowest BCUT2D eigenvalue weighted by atomic mass is 9.93. The van der Waals surface area contributed by atoms with E-state index in [0.717, 1.165) is 11.1 Å². The topological polar surface area (TPSA) is 105 Å². The van der Waals surface area contributed by atoms with Crippen molar-refractivity contribution in [1.82, 2.24) is 4.57 Å². The summed E-state index contributed by atoms with van der Waals surface area (Å²) in [5.74, 6) is -0.259. The van der Waals surface area contributed by atoms with Crippen LogP contribution in [0.25, 0.3) is 11.8 Å². The minimum atomic E-state index is -0.748. The van der Waals surface area contributed by atoms with Crippen LogP contribution in [0, 0.1) is 0 Å². The molecular formula is C33H30N2O7S. The summed E-state index contributed by atoms with van der Waals surface area (Å²) in [6.07, 6.45) is 1.74. The lowest BCUT2D eigenvalue weighted by molar-refractivity contribution is -0.145. The van der Waals surface area contributed by atoms with Crippen molar-refractivity contribution >= 4 is 35.0 Å². The van der Waals surface area contributed by atoms with Crippen molar-refractivity contribution in [3.8, 4) is 11.5 Å². The fourth-order valence-electron chi connectivity index (χ4n) is 4.78. The predicted molar refractivity (Wildman–Crippen MR) is 163 cm³/mol. The van der Waals surface area contributed by atoms with Crippen LogP contribution >= 0.6 is 11.3 Å². The van der Waals surface area contributed by atoms with Crippen LogP contribution in [0.15, 0.2) is 94.2 Å². The molecule has 9 nitrogen and oxygen atoms in total. The van der Waals surface area contributed by atoms with Gasteiger partial charge in [-0.2, -0.15) is 0 Å². The van der Waals surface area contributed by atoms with E-state index in [1.807, 2.05) is 60.7 Å². The average molecular weight is 599 g/mol. The first-order valence-electron chi connectivity index (χ1n) is 13.7. The number of carbonyl (C=O) groups excluding carboxylic acids is 2. The summed E-state index contributed by atoms with van der Waals surface area (Å²) in [6.45, 7) is 3.65. The van der Waals surface area contributed by atoms with Crippen LogP contribution in [0.3, 0.4) is 0 Å². The van der Waals surface area contributed by atoms with E-state index in [1.165, 1.54) is 18.4 Å². The summed E-state index contributed by atoms with van der Waals surface area (Å²) in [5.41, 5.74) is 2.63. The minimum Gasteiger partial charge on any atom is -0.493 e. The van der Waals surface area contributed by atoms with Crippen LogP contribution in [0.2, 0.25) is 0 Å². The van der Waals surface area contributed by atoms with E-state index >= 15 is 0 Å². The number of nitrogens with zero attached hydrogens (tertiary/aromatic N) is 2. The van der Waals surface area contributed by atoms with Crippen LogP contribution in [0.5, 0.6) is 11.5 Å². The summed E-state index contributed by atoms with van der Waals surface area (Å²) in [5, 5.41) is 0. The molecule has 4 aromatic rings. The molecule has 10 heteroatoms. The quantitative estimate of drug-likeness (QED) is 0.255. The smallest absolute Gasteiger partial charge is 0.344 e. The zero-order chi connectivity index (χ0) is 30.3. The summed E-state index contributed by atoms with van der Waals surface area (Å²) in [6, 6.07) is 23.2. The Morgan fingerprint density at radius 2 is 1.63 bits per heavy atom. The van der Waals surface area contributed by atoms with Gasteiger partial charge in [0.15, 0.2) is 22.9 Å². The highest BCUT2D eigenvalue weighted by molar-refractivity contribution is 7.07. The van der Waals surface area contributed by atoms with Crippen molar-refractivity contribution in [3.63, 3.8) is 0 Å². The second-order valence-electron chi connectivity index (χ2n) is 9.35. The van der Waals surface area contributed by atoms with Gasteiger partial charge in [0.25, 0.3) is 5.56 Å². The fraction of sp³-hybridized carbons (Fsp3) is 0.212. The highest BCUT2D eigenvalue weighted by Crippen LogP contribution is 2.35. The van der Waals surface area contributed by atoms with E-state index in [0.29, 0.717) is 37.7 Å². The molecule has 0 fully saturated rings. The molecule has 0 spiro atoms. The Hall–Kier alpha value is -4.96. The predicted octanol–water partition coefficient (Wildman–Crippen LogP) is 3.89. The zero-order valence-electron chi connectivity index (χ0n) is 23.9. The summed E-state index contributed by atoms with van der Waals surface area (Å²) in [4.78, 5) is 44.6. The molecule has 0 amide bonds. The molecule has 1 aliphatic rings. The standard InChI is InChI=1S/C33H30N2O7S/c1-4-40-27(36)20-42-24-17-16-21(18-25(24)39-3)19-26-31(37)35-30(23-14-10-7-11-15-23)28(32(38)41-5-2)29(34-33(35)43-26)22-12-8-6-9-13-22/h6-19,30H,4-5,20H2,1-3H3/b26-19-/t30-/m0/s1. The second kappa shape index (κ2) is 13.3. The highest BCUT2D eigenvalue weighted by atomic mass is 32.1. The van der Waals surface area contributed by atoms with Crippen molar-refractivity contribution in [2.75, 3.05) is 26.9 Å². The molecule has 220 valence electrons. The third-order valence-electron chi connectivity index (χ3n) is 6.63. The number of carbonyl (C=O) groups is 2. The Kier molecular flexibility index (Phi) is 9.17. The molecule has 0 bridgehead atoms. The molecule has 0 saturated carbocycles. The summed E-state index contributed by atoms with van der Waals surface area (Å²) < 4.78 is 23.4. The van der Waals surface area contributed by atoms with Crippen molar-refractivity contribution in [2.45, 2.75) is 19.9 Å². The van der Waals surface area contributed by atoms with Crippen LogP contribution in [-0.2, 0) is 19.1 Å². The third-order valence-corrected chi connectivity index (χ3v) is 7.61. The zero-order valence-corrected chi connectivity index (χ0v) is 24.8. The lowest BCUT2D eigenvalue weighted by Gasteiger charge is -2.25. The van der Waals surface area contributed by atoms with Gasteiger partial charge in [-0.3, -0.25) is 9.36 Å². The molecule has 0 unspecified atom stereocenters. The molecule has 0 N–H and O–H groups in total. The molecule has 0 saturated heterocycles. The van der Waals surface area contributed by atoms with Crippen LogP contribution < -0.4 is 24.4 Å². The monoisotopic (exact) mass is 598 g/mol. The van der Waals surface area contributed by atoms with Gasteiger partial charge in [-0.1, -0.05) is 78.1 Å². The average Bonchev–Trinajstić information content (AvgIpc) is 3.34. The summed E-state index contributed by atoms with van der Waals surface area (Å²) >= 11 is 1.23. The molecule has 1 atom stereocenters. The largest absolute Gasteiger partial charge is 0.493 e. The first kappa shape index (κ1) is 29.5. The van der Waals surface area contributed by atoms with E-state index in [2.05, 4.69) is 0 Å². The number of fused-ring (bicyclic) bond motifs is 1. The number of ether oxygens (including phenoxy) is 4. The summed E-state index contributed by atoms with van der Waals surface area (Å²) in [7, 11) is 1.49. The van der Waals surface area contributed by atoms with Crippen LogP contribution in [-0.4, -0.2) is 43.4 Å². The van der Waals surface area contributed by atoms with Gasteiger partial charge in [0, 0.05) is 5.56 Å². The van der Waals surface area contributed by atoms with Crippen LogP contribution in [0.4, 0.5) is 0 Å². The highest BCUT2D eigenvalue weighted by Gasteiger charge is 2.35. The maximum absolute atomic E-state index is 14.0. The van der Waals surface area contributed by atoms with E-state index in [-0.39, 0.29) is 25.4 Å². The molecule has 43 heavy (non-hydrogen) atoms. The number of aromatic nitrogens is 1. The number of methoxy groups -OCH3 is 1. The first-order chi connectivity index (χ1) is 20.9. The van der Waals surface area contributed by atoms with Gasteiger partial charge in [0.2, 0.25) is 0 Å². The molecule has 0 aliphatic carbocycles. The number of rotatable bonds is 10. The number of thiazole rings is 1. The molecule has 2 heterocycles. The Morgan fingerprint density at radius 1 is 0.930 bits per heavy atom. The van der Waals surface area contributed by atoms with Crippen molar-refractivity contribution in [3.05, 3.63) is 121 Å². The van der Waals surface area contributed by atoms with E-state index in [1.54, 1.807) is 42.7 Å². The lowest BCUT2D eigenvalue weighted by Crippen LogP contribution is -2.39. The van der Waals surface area contributed by atoms with Gasteiger partial charge in [0.05, 0.1) is 42.2 Å². The van der Waals surface area contributed by atoms with Gasteiger partial charge >= 0.3 is 11.9 Å². The maximum atomic E-state index is 14.0. The number of hydrogen-bond acceptors (Lipinski definition) is 9. The number of hydrogen-bond donors (Lipinski definition) is 0. The van der Waals surface area contributed by atoms with Crippen molar-refractivity contribution in [2.24, 2.45) is 4.99 Å². The fourth-order valence-corrected chi connectivity index (χ4v) is 5.78. The van der Waals surface area contributed by atoms with Gasteiger partial charge in [-0.05, 0) is 43.2 Å². The number of benzene rings is 3. The minimum absolute atomic E-state index is 0.178. The molecular weight excluding hydrogens is 568 g/mol. The van der Waals surface area contributed by atoms with Crippen molar-refractivity contribution in [1.29, 1.82) is 0 Å². The van der Waals surface area contributed by atoms with Gasteiger partial charge in [-0.15, -0.1) is 0 Å². The second-order valence-corrected chi connectivity index (χ2v) is 10.4. The Morgan fingerprint density at radius 3 is 2.30 bits per heavy atom. The van der Waals surface area contributed by atoms with Gasteiger partial charge in [-0.25, -0.2) is 14.6 Å². The molecule has 5 rings (SSSR count). The van der Waals surface area contributed by atoms with Crippen molar-refractivity contribution < 1.29 is 28.5 Å². The van der Waals surface area contributed by atoms with E-state index < -0.39 is 18.0 Å².